The van der Waals surface area contributed by atoms with Gasteiger partial charge >= 0.3 is 5.97 Å². The number of ether oxygens (including phenoxy) is 1. The molecule has 0 bridgehead atoms. The zero-order chi connectivity index (χ0) is 11.8. The molecule has 2 rings (SSSR count). The number of carbonyl (C=O) groups excluding carboxylic acids is 1. The molecule has 1 saturated carbocycles. The van der Waals surface area contributed by atoms with Crippen molar-refractivity contribution in [2.24, 2.45) is 16.7 Å². The minimum atomic E-state index is -0.244. The van der Waals surface area contributed by atoms with Crippen LogP contribution in [0, 0.1) is 16.7 Å². The van der Waals surface area contributed by atoms with Crippen LogP contribution in [0.1, 0.15) is 40.0 Å². The Labute approximate surface area is 97.4 Å². The standard InChI is InChI=1S/C14H20O2/c1-11(15)16-9-4-12-10-14(12)7-5-13(2,3)6-8-14/h4-5,7,9,12H,6,8,10H2,1-3H3/b9-4-/t12-,14-/m0/s1. The summed E-state index contributed by atoms with van der Waals surface area (Å²) in [5.41, 5.74) is 0.740. The maximum absolute atomic E-state index is 10.6. The van der Waals surface area contributed by atoms with Gasteiger partial charge in [0.15, 0.2) is 0 Å². The molecule has 0 amide bonds. The third-order valence-electron chi connectivity index (χ3n) is 3.82. The topological polar surface area (TPSA) is 26.3 Å². The Balaban J connectivity index is 1.91. The smallest absolute Gasteiger partial charge is 0.307 e. The van der Waals surface area contributed by atoms with Gasteiger partial charge < -0.3 is 4.74 Å². The summed E-state index contributed by atoms with van der Waals surface area (Å²) >= 11 is 0. The van der Waals surface area contributed by atoms with E-state index in [0.29, 0.717) is 16.7 Å². The quantitative estimate of drug-likeness (QED) is 0.405. The van der Waals surface area contributed by atoms with Crippen LogP contribution < -0.4 is 0 Å². The van der Waals surface area contributed by atoms with Gasteiger partial charge in [0.05, 0.1) is 6.26 Å². The molecule has 0 unspecified atom stereocenters. The molecule has 0 aromatic carbocycles. The Bertz CT molecular complexity index is 352. The van der Waals surface area contributed by atoms with E-state index >= 15 is 0 Å². The molecular formula is C14H20O2. The first kappa shape index (κ1) is 11.4. The molecule has 0 saturated heterocycles. The molecule has 0 heterocycles. The second kappa shape index (κ2) is 3.76. The minimum Gasteiger partial charge on any atom is -0.435 e. The van der Waals surface area contributed by atoms with Gasteiger partial charge in [-0.05, 0) is 42.1 Å². The largest absolute Gasteiger partial charge is 0.435 e. The normalized spacial score (nSPS) is 35.6. The highest BCUT2D eigenvalue weighted by Gasteiger charge is 2.52. The van der Waals surface area contributed by atoms with Crippen molar-refractivity contribution in [1.29, 1.82) is 0 Å². The summed E-state index contributed by atoms with van der Waals surface area (Å²) in [7, 11) is 0. The Morgan fingerprint density at radius 3 is 2.69 bits per heavy atom. The molecule has 2 aliphatic carbocycles. The lowest BCUT2D eigenvalue weighted by atomic mass is 9.76. The number of allylic oxidation sites excluding steroid dienone is 3. The van der Waals surface area contributed by atoms with Crippen LogP contribution >= 0.6 is 0 Å². The van der Waals surface area contributed by atoms with Crippen molar-refractivity contribution in [1.82, 2.24) is 0 Å². The Morgan fingerprint density at radius 2 is 2.12 bits per heavy atom. The zero-order valence-corrected chi connectivity index (χ0v) is 10.3. The minimum absolute atomic E-state index is 0.244. The maximum Gasteiger partial charge on any atom is 0.307 e. The third-order valence-corrected chi connectivity index (χ3v) is 3.82. The lowest BCUT2D eigenvalue weighted by Crippen LogP contribution is -2.17. The molecule has 0 N–H and O–H groups in total. The van der Waals surface area contributed by atoms with Gasteiger partial charge in [-0.3, -0.25) is 4.79 Å². The monoisotopic (exact) mass is 220 g/mol. The lowest BCUT2D eigenvalue weighted by Gasteiger charge is -2.29. The second-order valence-corrected chi connectivity index (χ2v) is 5.80. The van der Waals surface area contributed by atoms with Crippen molar-refractivity contribution in [2.75, 3.05) is 0 Å². The van der Waals surface area contributed by atoms with E-state index in [1.807, 2.05) is 6.08 Å². The van der Waals surface area contributed by atoms with Gasteiger partial charge in [-0.2, -0.15) is 0 Å². The van der Waals surface area contributed by atoms with Crippen molar-refractivity contribution in [3.8, 4) is 0 Å². The van der Waals surface area contributed by atoms with Crippen LogP contribution in [0.15, 0.2) is 24.5 Å². The van der Waals surface area contributed by atoms with Gasteiger partial charge in [0.2, 0.25) is 0 Å². The summed E-state index contributed by atoms with van der Waals surface area (Å²) in [4.78, 5) is 10.6. The van der Waals surface area contributed by atoms with Crippen molar-refractivity contribution in [3.05, 3.63) is 24.5 Å². The average molecular weight is 220 g/mol. The molecule has 2 atom stereocenters. The predicted molar refractivity (Wildman–Crippen MR) is 63.6 cm³/mol. The van der Waals surface area contributed by atoms with Gasteiger partial charge in [0.1, 0.15) is 0 Å². The Morgan fingerprint density at radius 1 is 1.38 bits per heavy atom. The van der Waals surface area contributed by atoms with Crippen LogP contribution in [0.3, 0.4) is 0 Å². The summed E-state index contributed by atoms with van der Waals surface area (Å²) in [6.07, 6.45) is 12.0. The SMILES string of the molecule is CC(=O)O/C=C\[C@H]1C[C@@]12C=CC(C)(C)CC2. The van der Waals surface area contributed by atoms with Crippen LogP contribution in [0.25, 0.3) is 0 Å². The number of hydrogen-bond donors (Lipinski definition) is 0. The van der Waals surface area contributed by atoms with E-state index in [4.69, 9.17) is 4.74 Å². The average Bonchev–Trinajstić information content (AvgIpc) is 2.85. The first-order chi connectivity index (χ1) is 7.44. The molecule has 0 aromatic heterocycles. The van der Waals surface area contributed by atoms with Crippen LogP contribution in [-0.4, -0.2) is 5.97 Å². The van der Waals surface area contributed by atoms with Crippen LogP contribution in [-0.2, 0) is 9.53 Å². The maximum atomic E-state index is 10.6. The van der Waals surface area contributed by atoms with Crippen molar-refractivity contribution < 1.29 is 9.53 Å². The van der Waals surface area contributed by atoms with E-state index < -0.39 is 0 Å². The highest BCUT2D eigenvalue weighted by molar-refractivity contribution is 5.66. The van der Waals surface area contributed by atoms with Gasteiger partial charge in [0, 0.05) is 6.92 Å². The van der Waals surface area contributed by atoms with Gasteiger partial charge in [-0.15, -0.1) is 0 Å². The van der Waals surface area contributed by atoms with E-state index in [0.717, 1.165) is 0 Å². The molecule has 2 heteroatoms. The second-order valence-electron chi connectivity index (χ2n) is 5.80. The molecule has 0 aromatic rings. The fourth-order valence-electron chi connectivity index (χ4n) is 2.43. The molecule has 2 nitrogen and oxygen atoms in total. The van der Waals surface area contributed by atoms with Gasteiger partial charge in [-0.25, -0.2) is 0 Å². The van der Waals surface area contributed by atoms with Gasteiger partial charge in [-0.1, -0.05) is 26.0 Å². The van der Waals surface area contributed by atoms with Crippen molar-refractivity contribution in [3.63, 3.8) is 0 Å². The fourth-order valence-corrected chi connectivity index (χ4v) is 2.43. The van der Waals surface area contributed by atoms with Crippen LogP contribution in [0.2, 0.25) is 0 Å². The van der Waals surface area contributed by atoms with Crippen LogP contribution in [0.4, 0.5) is 0 Å². The highest BCUT2D eigenvalue weighted by Crippen LogP contribution is 2.61. The molecule has 0 aliphatic heterocycles. The predicted octanol–water partition coefficient (Wildman–Crippen LogP) is 3.45. The zero-order valence-electron chi connectivity index (χ0n) is 10.3. The fraction of sp³-hybridized carbons (Fsp3) is 0.643. The molecule has 16 heavy (non-hydrogen) atoms. The summed E-state index contributed by atoms with van der Waals surface area (Å²) in [5, 5.41) is 0. The molecule has 2 aliphatic rings. The van der Waals surface area contributed by atoms with E-state index in [-0.39, 0.29) is 5.97 Å². The summed E-state index contributed by atoms with van der Waals surface area (Å²) in [6, 6.07) is 0. The Hall–Kier alpha value is -1.05. The third kappa shape index (κ3) is 2.37. The van der Waals surface area contributed by atoms with E-state index in [2.05, 4.69) is 26.0 Å². The van der Waals surface area contributed by atoms with Gasteiger partial charge in [0.25, 0.3) is 0 Å². The molecule has 1 spiro atoms. The first-order valence-electron chi connectivity index (χ1n) is 5.98. The number of rotatable bonds is 2. The summed E-state index contributed by atoms with van der Waals surface area (Å²) in [5.74, 6) is 0.325. The summed E-state index contributed by atoms with van der Waals surface area (Å²) in [6.45, 7) is 5.99. The number of hydrogen-bond acceptors (Lipinski definition) is 2. The first-order valence-corrected chi connectivity index (χ1v) is 5.98. The molecule has 1 fully saturated rings. The van der Waals surface area contributed by atoms with Crippen LogP contribution in [0.5, 0.6) is 0 Å². The van der Waals surface area contributed by atoms with Crippen molar-refractivity contribution >= 4 is 5.97 Å². The lowest BCUT2D eigenvalue weighted by molar-refractivity contribution is -0.135. The number of esters is 1. The van der Waals surface area contributed by atoms with E-state index in [1.165, 1.54) is 26.2 Å². The summed E-state index contributed by atoms with van der Waals surface area (Å²) < 4.78 is 4.82. The number of carbonyl (C=O) groups is 1. The highest BCUT2D eigenvalue weighted by atomic mass is 16.5. The van der Waals surface area contributed by atoms with Crippen molar-refractivity contribution in [2.45, 2.75) is 40.0 Å². The van der Waals surface area contributed by atoms with E-state index in [9.17, 15) is 4.79 Å². The molecular weight excluding hydrogens is 200 g/mol. The molecule has 88 valence electrons. The molecule has 0 radical (unpaired) electrons. The van der Waals surface area contributed by atoms with E-state index in [1.54, 1.807) is 6.26 Å². The Kier molecular flexibility index (Phi) is 2.69.